The van der Waals surface area contributed by atoms with Gasteiger partial charge in [-0.25, -0.2) is 4.98 Å². The van der Waals surface area contributed by atoms with Crippen LogP contribution in [-0.2, 0) is 12.8 Å². The minimum absolute atomic E-state index is 0.0443. The molecule has 2 aromatic rings. The minimum atomic E-state index is 0.0443. The van der Waals surface area contributed by atoms with E-state index in [9.17, 15) is 4.79 Å². The Morgan fingerprint density at radius 2 is 2.21 bits per heavy atom. The first-order valence-corrected chi connectivity index (χ1v) is 9.90. The monoisotopic (exact) mass is 359 g/mol. The molecule has 1 N–H and O–H groups in total. The first-order chi connectivity index (χ1) is 11.7. The molecule has 2 aliphatic rings. The Hall–Kier alpha value is -1.53. The van der Waals surface area contributed by atoms with E-state index in [1.165, 1.54) is 34.8 Å². The SMILES string of the molecule is O=C(c1ccc[nH]c1=S)N1CCCC(c2nc3c(s2)CCCC3)C1. The van der Waals surface area contributed by atoms with Gasteiger partial charge in [-0.3, -0.25) is 4.79 Å². The highest BCUT2D eigenvalue weighted by Gasteiger charge is 2.29. The van der Waals surface area contributed by atoms with Crippen LogP contribution in [0.1, 0.15) is 57.5 Å². The summed E-state index contributed by atoms with van der Waals surface area (Å²) in [6.07, 6.45) is 8.77. The maximum atomic E-state index is 12.8. The Kier molecular flexibility index (Phi) is 4.50. The van der Waals surface area contributed by atoms with E-state index in [1.807, 2.05) is 28.4 Å². The molecule has 1 saturated heterocycles. The van der Waals surface area contributed by atoms with Crippen molar-refractivity contribution in [2.24, 2.45) is 0 Å². The highest BCUT2D eigenvalue weighted by atomic mass is 32.1. The Balaban J connectivity index is 1.53. The third-order valence-electron chi connectivity index (χ3n) is 4.97. The van der Waals surface area contributed by atoms with E-state index in [0.29, 0.717) is 16.1 Å². The number of rotatable bonds is 2. The Bertz CT molecular complexity index is 787. The molecule has 4 rings (SSSR count). The van der Waals surface area contributed by atoms with E-state index in [4.69, 9.17) is 17.2 Å². The predicted octanol–water partition coefficient (Wildman–Crippen LogP) is 4.10. The number of H-pyrrole nitrogens is 1. The van der Waals surface area contributed by atoms with Crippen LogP contribution in [0.25, 0.3) is 0 Å². The molecule has 0 saturated carbocycles. The first-order valence-electron chi connectivity index (χ1n) is 8.68. The number of nitrogens with one attached hydrogen (secondary N) is 1. The summed E-state index contributed by atoms with van der Waals surface area (Å²) in [5.41, 5.74) is 1.92. The molecular formula is C18H21N3OS2. The fourth-order valence-corrected chi connectivity index (χ4v) is 5.17. The van der Waals surface area contributed by atoms with Crippen LogP contribution >= 0.6 is 23.6 Å². The summed E-state index contributed by atoms with van der Waals surface area (Å²) in [6, 6.07) is 3.65. The van der Waals surface area contributed by atoms with Gasteiger partial charge in [-0.2, -0.15) is 0 Å². The van der Waals surface area contributed by atoms with E-state index in [0.717, 1.165) is 32.4 Å². The number of nitrogens with zero attached hydrogens (tertiary/aromatic N) is 2. The molecule has 6 heteroatoms. The van der Waals surface area contributed by atoms with Gasteiger partial charge in [0.05, 0.1) is 16.3 Å². The van der Waals surface area contributed by atoms with Gasteiger partial charge in [0, 0.05) is 30.1 Å². The molecule has 1 fully saturated rings. The predicted molar refractivity (Wildman–Crippen MR) is 98.3 cm³/mol. The third kappa shape index (κ3) is 3.05. The fraction of sp³-hybridized carbons (Fsp3) is 0.500. The number of hydrogen-bond acceptors (Lipinski definition) is 4. The lowest BCUT2D eigenvalue weighted by molar-refractivity contribution is 0.0706. The lowest BCUT2D eigenvalue weighted by Gasteiger charge is -2.31. The van der Waals surface area contributed by atoms with Crippen molar-refractivity contribution in [3.05, 3.63) is 44.1 Å². The highest BCUT2D eigenvalue weighted by Crippen LogP contribution is 2.35. The number of pyridine rings is 1. The summed E-state index contributed by atoms with van der Waals surface area (Å²) in [7, 11) is 0. The number of aryl methyl sites for hydroxylation is 2. The van der Waals surface area contributed by atoms with E-state index in [-0.39, 0.29) is 5.91 Å². The summed E-state index contributed by atoms with van der Waals surface area (Å²) < 4.78 is 0.523. The fourth-order valence-electron chi connectivity index (χ4n) is 3.67. The topological polar surface area (TPSA) is 49.0 Å². The van der Waals surface area contributed by atoms with Crippen LogP contribution in [0.2, 0.25) is 0 Å². The van der Waals surface area contributed by atoms with Crippen molar-refractivity contribution in [1.29, 1.82) is 0 Å². The Labute approximate surface area is 150 Å². The molecule has 126 valence electrons. The van der Waals surface area contributed by atoms with Crippen molar-refractivity contribution >= 4 is 29.5 Å². The largest absolute Gasteiger partial charge is 0.352 e. The number of likely N-dealkylation sites (tertiary alicyclic amines) is 1. The third-order valence-corrected chi connectivity index (χ3v) is 6.63. The van der Waals surface area contributed by atoms with Gasteiger partial charge in [0.2, 0.25) is 0 Å². The number of thiazole rings is 1. The summed E-state index contributed by atoms with van der Waals surface area (Å²) in [5.74, 6) is 0.419. The molecule has 0 radical (unpaired) electrons. The second-order valence-corrected chi connectivity index (χ2v) is 8.16. The maximum Gasteiger partial charge on any atom is 0.256 e. The number of carbonyl (C=O) groups excluding carboxylic acids is 1. The number of fused-ring (bicyclic) bond motifs is 1. The molecule has 3 heterocycles. The zero-order chi connectivity index (χ0) is 16.5. The van der Waals surface area contributed by atoms with E-state index >= 15 is 0 Å². The zero-order valence-electron chi connectivity index (χ0n) is 13.6. The van der Waals surface area contributed by atoms with Crippen molar-refractivity contribution in [3.8, 4) is 0 Å². The molecule has 0 spiro atoms. The highest BCUT2D eigenvalue weighted by molar-refractivity contribution is 7.71. The molecule has 24 heavy (non-hydrogen) atoms. The van der Waals surface area contributed by atoms with Crippen LogP contribution in [-0.4, -0.2) is 33.9 Å². The van der Waals surface area contributed by atoms with Gasteiger partial charge in [-0.1, -0.05) is 12.2 Å². The average molecular weight is 360 g/mol. The van der Waals surface area contributed by atoms with Crippen LogP contribution in [0.5, 0.6) is 0 Å². The first kappa shape index (κ1) is 16.0. The molecule has 1 aliphatic carbocycles. The van der Waals surface area contributed by atoms with Crippen LogP contribution in [0, 0.1) is 4.64 Å². The quantitative estimate of drug-likeness (QED) is 0.821. The number of hydrogen-bond donors (Lipinski definition) is 1. The van der Waals surface area contributed by atoms with Crippen molar-refractivity contribution in [2.45, 2.75) is 44.4 Å². The van der Waals surface area contributed by atoms with Crippen molar-refractivity contribution < 1.29 is 4.79 Å². The number of aromatic nitrogens is 2. The van der Waals surface area contributed by atoms with Crippen LogP contribution < -0.4 is 0 Å². The van der Waals surface area contributed by atoms with Gasteiger partial charge in [0.15, 0.2) is 0 Å². The van der Waals surface area contributed by atoms with Gasteiger partial charge < -0.3 is 9.88 Å². The average Bonchev–Trinajstić information content (AvgIpc) is 3.06. The standard InChI is InChI=1S/C18H21N3OS2/c22-18(13-6-3-9-19-16(13)23)21-10-4-5-12(11-21)17-20-14-7-1-2-8-15(14)24-17/h3,6,9,12H,1-2,4-5,7-8,10-11H2,(H,19,23). The second kappa shape index (κ2) is 6.76. The van der Waals surface area contributed by atoms with Crippen LogP contribution in [0.15, 0.2) is 18.3 Å². The van der Waals surface area contributed by atoms with Gasteiger partial charge in [0.1, 0.15) is 4.64 Å². The molecular weight excluding hydrogens is 338 g/mol. The zero-order valence-corrected chi connectivity index (χ0v) is 15.2. The maximum absolute atomic E-state index is 12.8. The number of piperidine rings is 1. The molecule has 0 aromatic carbocycles. The van der Waals surface area contributed by atoms with Crippen molar-refractivity contribution in [3.63, 3.8) is 0 Å². The number of aromatic amines is 1. The lowest BCUT2D eigenvalue weighted by atomic mass is 9.98. The summed E-state index contributed by atoms with van der Waals surface area (Å²) in [5, 5.41) is 1.23. The summed E-state index contributed by atoms with van der Waals surface area (Å²) in [6.45, 7) is 1.57. The van der Waals surface area contributed by atoms with Crippen LogP contribution in [0.3, 0.4) is 0 Å². The second-order valence-electron chi connectivity index (χ2n) is 6.63. The molecule has 1 amide bonds. The van der Waals surface area contributed by atoms with E-state index < -0.39 is 0 Å². The smallest absolute Gasteiger partial charge is 0.256 e. The van der Waals surface area contributed by atoms with Crippen molar-refractivity contribution in [2.75, 3.05) is 13.1 Å². The lowest BCUT2D eigenvalue weighted by Crippen LogP contribution is -2.39. The molecule has 1 unspecified atom stereocenters. The molecule has 0 bridgehead atoms. The van der Waals surface area contributed by atoms with Crippen molar-refractivity contribution in [1.82, 2.24) is 14.9 Å². The van der Waals surface area contributed by atoms with E-state index in [2.05, 4.69) is 4.98 Å². The molecule has 1 aliphatic heterocycles. The van der Waals surface area contributed by atoms with Crippen LogP contribution in [0.4, 0.5) is 0 Å². The Morgan fingerprint density at radius 1 is 1.33 bits per heavy atom. The molecule has 4 nitrogen and oxygen atoms in total. The number of amides is 1. The summed E-state index contributed by atoms with van der Waals surface area (Å²) >= 11 is 7.14. The normalized spacial score (nSPS) is 20.7. The Morgan fingerprint density at radius 3 is 3.04 bits per heavy atom. The van der Waals surface area contributed by atoms with Gasteiger partial charge in [-0.05, 0) is 50.7 Å². The minimum Gasteiger partial charge on any atom is -0.352 e. The molecule has 1 atom stereocenters. The summed E-state index contributed by atoms with van der Waals surface area (Å²) in [4.78, 5) is 24.1. The van der Waals surface area contributed by atoms with Gasteiger partial charge >= 0.3 is 0 Å². The number of carbonyl (C=O) groups is 1. The molecule has 2 aromatic heterocycles. The van der Waals surface area contributed by atoms with E-state index in [1.54, 1.807) is 6.20 Å². The van der Waals surface area contributed by atoms with Gasteiger partial charge in [-0.15, -0.1) is 11.3 Å². The van der Waals surface area contributed by atoms with Gasteiger partial charge in [0.25, 0.3) is 5.91 Å².